The zero-order valence-electron chi connectivity index (χ0n) is 9.43. The van der Waals surface area contributed by atoms with E-state index in [2.05, 4.69) is 10.3 Å². The van der Waals surface area contributed by atoms with Gasteiger partial charge in [-0.25, -0.2) is 4.98 Å². The zero-order chi connectivity index (χ0) is 12.0. The molecule has 1 atom stereocenters. The summed E-state index contributed by atoms with van der Waals surface area (Å²) in [7, 11) is 1.51. The number of carbonyl (C=O) groups excluding carboxylic acids is 1. The van der Waals surface area contributed by atoms with Gasteiger partial charge >= 0.3 is 0 Å². The fourth-order valence-corrected chi connectivity index (χ4v) is 1.09. The van der Waals surface area contributed by atoms with Gasteiger partial charge in [0.05, 0.1) is 18.8 Å². The first kappa shape index (κ1) is 12.4. The standard InChI is InChI=1S/C11H16N2O3/c1-3-9(14)7-13-11(15)8-4-5-10(16-2)12-6-8/h4-6,9,14H,3,7H2,1-2H3,(H,13,15). The van der Waals surface area contributed by atoms with Gasteiger partial charge in [0, 0.05) is 18.8 Å². The highest BCUT2D eigenvalue weighted by Crippen LogP contribution is 2.06. The van der Waals surface area contributed by atoms with Crippen LogP contribution in [-0.4, -0.2) is 35.8 Å². The van der Waals surface area contributed by atoms with Gasteiger partial charge in [-0.2, -0.15) is 0 Å². The Morgan fingerprint density at radius 3 is 2.88 bits per heavy atom. The smallest absolute Gasteiger partial charge is 0.252 e. The van der Waals surface area contributed by atoms with E-state index in [1.165, 1.54) is 13.3 Å². The molecular formula is C11H16N2O3. The highest BCUT2D eigenvalue weighted by molar-refractivity contribution is 5.93. The zero-order valence-corrected chi connectivity index (χ0v) is 9.43. The molecule has 0 radical (unpaired) electrons. The molecule has 1 heterocycles. The largest absolute Gasteiger partial charge is 0.481 e. The molecule has 1 unspecified atom stereocenters. The Morgan fingerprint density at radius 1 is 1.62 bits per heavy atom. The molecule has 0 fully saturated rings. The number of pyridine rings is 1. The van der Waals surface area contributed by atoms with E-state index in [4.69, 9.17) is 4.74 Å². The van der Waals surface area contributed by atoms with Crippen molar-refractivity contribution in [2.75, 3.05) is 13.7 Å². The molecule has 0 bridgehead atoms. The number of ether oxygens (including phenoxy) is 1. The number of carbonyl (C=O) groups is 1. The van der Waals surface area contributed by atoms with Gasteiger partial charge in [-0.3, -0.25) is 4.79 Å². The van der Waals surface area contributed by atoms with Crippen molar-refractivity contribution in [2.24, 2.45) is 0 Å². The number of aliphatic hydroxyl groups excluding tert-OH is 1. The van der Waals surface area contributed by atoms with Gasteiger partial charge in [-0.15, -0.1) is 0 Å². The third-order valence-corrected chi connectivity index (χ3v) is 2.18. The molecule has 1 amide bonds. The third kappa shape index (κ3) is 3.51. The maximum absolute atomic E-state index is 11.6. The average molecular weight is 224 g/mol. The molecule has 0 aliphatic heterocycles. The Kier molecular flexibility index (Phi) is 4.72. The predicted octanol–water partition coefficient (Wildman–Crippen LogP) is 0.591. The summed E-state index contributed by atoms with van der Waals surface area (Å²) in [4.78, 5) is 15.5. The van der Waals surface area contributed by atoms with Crippen LogP contribution >= 0.6 is 0 Å². The van der Waals surface area contributed by atoms with Crippen LogP contribution in [0.25, 0.3) is 0 Å². The molecule has 0 saturated carbocycles. The Bertz CT molecular complexity index is 338. The highest BCUT2D eigenvalue weighted by Gasteiger charge is 2.08. The minimum absolute atomic E-state index is 0.248. The molecule has 88 valence electrons. The van der Waals surface area contributed by atoms with Crippen molar-refractivity contribution in [3.05, 3.63) is 23.9 Å². The first-order valence-corrected chi connectivity index (χ1v) is 5.13. The van der Waals surface area contributed by atoms with Gasteiger partial charge in [-0.1, -0.05) is 6.92 Å². The van der Waals surface area contributed by atoms with Crippen LogP contribution in [0.15, 0.2) is 18.3 Å². The first-order chi connectivity index (χ1) is 7.67. The monoisotopic (exact) mass is 224 g/mol. The normalized spacial score (nSPS) is 11.9. The van der Waals surface area contributed by atoms with E-state index >= 15 is 0 Å². The molecule has 1 rings (SSSR count). The molecule has 16 heavy (non-hydrogen) atoms. The van der Waals surface area contributed by atoms with Gasteiger partial charge in [0.2, 0.25) is 5.88 Å². The second-order valence-electron chi connectivity index (χ2n) is 3.36. The minimum atomic E-state index is -0.504. The van der Waals surface area contributed by atoms with Crippen LogP contribution in [0.4, 0.5) is 0 Å². The van der Waals surface area contributed by atoms with Crippen molar-refractivity contribution in [2.45, 2.75) is 19.4 Å². The first-order valence-electron chi connectivity index (χ1n) is 5.13. The van der Waals surface area contributed by atoms with E-state index in [1.807, 2.05) is 6.92 Å². The van der Waals surface area contributed by atoms with Crippen molar-refractivity contribution in [3.8, 4) is 5.88 Å². The Balaban J connectivity index is 2.52. The van der Waals surface area contributed by atoms with Crippen LogP contribution in [-0.2, 0) is 0 Å². The summed E-state index contributed by atoms with van der Waals surface area (Å²) >= 11 is 0. The Hall–Kier alpha value is -1.62. The number of methoxy groups -OCH3 is 1. The van der Waals surface area contributed by atoms with Gasteiger partial charge in [0.25, 0.3) is 5.91 Å². The molecular weight excluding hydrogens is 208 g/mol. The summed E-state index contributed by atoms with van der Waals surface area (Å²) in [6.07, 6.45) is 1.54. The van der Waals surface area contributed by atoms with Crippen molar-refractivity contribution in [3.63, 3.8) is 0 Å². The van der Waals surface area contributed by atoms with Crippen LogP contribution in [0, 0.1) is 0 Å². The predicted molar refractivity (Wildman–Crippen MR) is 59.4 cm³/mol. The molecule has 1 aromatic heterocycles. The average Bonchev–Trinajstić information content (AvgIpc) is 2.35. The maximum atomic E-state index is 11.6. The lowest BCUT2D eigenvalue weighted by Gasteiger charge is -2.09. The maximum Gasteiger partial charge on any atom is 0.252 e. The van der Waals surface area contributed by atoms with Gasteiger partial charge in [0.15, 0.2) is 0 Å². The third-order valence-electron chi connectivity index (χ3n) is 2.18. The summed E-state index contributed by atoms with van der Waals surface area (Å²) < 4.78 is 4.88. The van der Waals surface area contributed by atoms with E-state index in [0.29, 0.717) is 17.9 Å². The van der Waals surface area contributed by atoms with Crippen molar-refractivity contribution < 1.29 is 14.6 Å². The van der Waals surface area contributed by atoms with E-state index in [1.54, 1.807) is 12.1 Å². The number of hydrogen-bond acceptors (Lipinski definition) is 4. The van der Waals surface area contributed by atoms with Crippen LogP contribution in [0.2, 0.25) is 0 Å². The van der Waals surface area contributed by atoms with E-state index < -0.39 is 6.10 Å². The number of aromatic nitrogens is 1. The van der Waals surface area contributed by atoms with Gasteiger partial charge < -0.3 is 15.2 Å². The van der Waals surface area contributed by atoms with Gasteiger partial charge in [-0.05, 0) is 12.5 Å². The van der Waals surface area contributed by atoms with Crippen molar-refractivity contribution in [1.82, 2.24) is 10.3 Å². The van der Waals surface area contributed by atoms with E-state index in [-0.39, 0.29) is 12.5 Å². The van der Waals surface area contributed by atoms with Crippen LogP contribution in [0.1, 0.15) is 23.7 Å². The molecule has 0 aliphatic rings. The topological polar surface area (TPSA) is 71.5 Å². The summed E-state index contributed by atoms with van der Waals surface area (Å²) in [5, 5.41) is 11.9. The lowest BCUT2D eigenvalue weighted by molar-refractivity contribution is 0.0913. The van der Waals surface area contributed by atoms with E-state index in [0.717, 1.165) is 0 Å². The molecule has 0 aliphatic carbocycles. The molecule has 0 spiro atoms. The molecule has 5 heteroatoms. The number of hydrogen-bond donors (Lipinski definition) is 2. The van der Waals surface area contributed by atoms with Crippen LogP contribution < -0.4 is 10.1 Å². The molecule has 2 N–H and O–H groups in total. The molecule has 1 aromatic rings. The van der Waals surface area contributed by atoms with Crippen molar-refractivity contribution in [1.29, 1.82) is 0 Å². The fourth-order valence-electron chi connectivity index (χ4n) is 1.09. The molecule has 0 saturated heterocycles. The minimum Gasteiger partial charge on any atom is -0.481 e. The highest BCUT2D eigenvalue weighted by atomic mass is 16.5. The SMILES string of the molecule is CCC(O)CNC(=O)c1ccc(OC)nc1. The van der Waals surface area contributed by atoms with Crippen molar-refractivity contribution >= 4 is 5.91 Å². The fraction of sp³-hybridized carbons (Fsp3) is 0.455. The second-order valence-corrected chi connectivity index (χ2v) is 3.36. The number of amides is 1. The lowest BCUT2D eigenvalue weighted by atomic mass is 10.2. The van der Waals surface area contributed by atoms with Crippen LogP contribution in [0.5, 0.6) is 5.88 Å². The van der Waals surface area contributed by atoms with E-state index in [9.17, 15) is 9.90 Å². The molecule has 5 nitrogen and oxygen atoms in total. The number of aliphatic hydroxyl groups is 1. The summed E-state index contributed by atoms with van der Waals surface area (Å²) in [6, 6.07) is 3.24. The van der Waals surface area contributed by atoms with Gasteiger partial charge in [0.1, 0.15) is 0 Å². The Labute approximate surface area is 94.5 Å². The second kappa shape index (κ2) is 6.07. The summed E-state index contributed by atoms with van der Waals surface area (Å²) in [5.74, 6) is 0.216. The Morgan fingerprint density at radius 2 is 2.38 bits per heavy atom. The number of nitrogens with one attached hydrogen (secondary N) is 1. The lowest BCUT2D eigenvalue weighted by Crippen LogP contribution is -2.31. The summed E-state index contributed by atoms with van der Waals surface area (Å²) in [5.41, 5.74) is 0.448. The summed E-state index contributed by atoms with van der Waals surface area (Å²) in [6.45, 7) is 2.10. The number of rotatable bonds is 5. The van der Waals surface area contributed by atoms with Crippen LogP contribution in [0.3, 0.4) is 0 Å². The quantitative estimate of drug-likeness (QED) is 0.768. The molecule has 0 aromatic carbocycles. The number of nitrogens with zero attached hydrogens (tertiary/aromatic N) is 1.